The molecule has 0 radical (unpaired) electrons. The molecule has 8 heteroatoms. The summed E-state index contributed by atoms with van der Waals surface area (Å²) in [5, 5.41) is 0. The molecule has 0 heterocycles. The molecule has 6 nitrogen and oxygen atoms in total. The van der Waals surface area contributed by atoms with Crippen LogP contribution in [0.1, 0.15) is 0 Å². The maximum atomic E-state index is 9.27. The van der Waals surface area contributed by atoms with Gasteiger partial charge in [0.1, 0.15) is 0 Å². The summed E-state index contributed by atoms with van der Waals surface area (Å²) in [5.74, 6) is 0. The van der Waals surface area contributed by atoms with Gasteiger partial charge >= 0.3 is 46.7 Å². The molecular weight excluding hydrogens is 288 g/mol. The Morgan fingerprint density at radius 1 is 0.875 bits per heavy atom. The van der Waals surface area contributed by atoms with Gasteiger partial charge in [-0.05, 0) is 0 Å². The fraction of sp³-hybridized carbons (Fsp3) is 0. The third-order valence-electron chi connectivity index (χ3n) is 0.0556. The molecule has 6 N–H and O–H groups in total. The van der Waals surface area contributed by atoms with Crippen LogP contribution in [-0.2, 0) is 46.7 Å². The van der Waals surface area contributed by atoms with Crippen LogP contribution in [0.2, 0.25) is 0 Å². The number of hydrogen-bond acceptors (Lipinski definition) is 3. The van der Waals surface area contributed by atoms with Gasteiger partial charge in [0.25, 0.3) is 0 Å². The van der Waals surface area contributed by atoms with Crippen molar-refractivity contribution in [2.45, 2.75) is 0 Å². The van der Waals surface area contributed by atoms with Gasteiger partial charge in [0.05, 0.1) is 0 Å². The molecule has 8 heavy (non-hydrogen) atoms. The Bertz CT molecular complexity index is 35.8. The van der Waals surface area contributed by atoms with E-state index in [0.717, 1.165) is 0 Å². The van der Waals surface area contributed by atoms with E-state index in [1.165, 1.54) is 0 Å². The van der Waals surface area contributed by atoms with E-state index < -0.39 is 37.8 Å². The zero-order valence-corrected chi connectivity index (χ0v) is 7.56. The van der Waals surface area contributed by atoms with Crippen molar-refractivity contribution in [1.29, 1.82) is 0 Å². The van der Waals surface area contributed by atoms with Gasteiger partial charge in [-0.3, -0.25) is 0 Å². The van der Waals surface area contributed by atoms with Crippen LogP contribution >= 0.6 is 0 Å². The van der Waals surface area contributed by atoms with E-state index in [2.05, 4.69) is 2.04 Å². The first kappa shape index (κ1) is 23.2. The Labute approximate surface area is 63.1 Å². The van der Waals surface area contributed by atoms with Crippen molar-refractivity contribution in [3.63, 3.8) is 0 Å². The van der Waals surface area contributed by atoms with Crippen LogP contribution in [0.15, 0.2) is 0 Å². The molecule has 0 saturated heterocycles. The van der Waals surface area contributed by atoms with Gasteiger partial charge in [0, 0.05) is 0 Å². The Kier molecular flexibility index (Phi) is 72.4. The van der Waals surface area contributed by atoms with Gasteiger partial charge in [0.15, 0.2) is 0 Å². The van der Waals surface area contributed by atoms with Gasteiger partial charge in [0.2, 0.25) is 0 Å². The van der Waals surface area contributed by atoms with Crippen molar-refractivity contribution < 1.29 is 63.1 Å². The summed E-state index contributed by atoms with van der Waals surface area (Å²) in [4.78, 5) is 0. The second-order valence-corrected chi connectivity index (χ2v) is 3.19. The Morgan fingerprint density at radius 3 is 1.12 bits per heavy atom. The predicted octanol–water partition coefficient (Wildman–Crippen LogP) is -2.79. The van der Waals surface area contributed by atoms with Crippen LogP contribution in [0.3, 0.4) is 0 Å². The van der Waals surface area contributed by atoms with Gasteiger partial charge in [-0.1, -0.05) is 0 Å². The molecule has 0 saturated carbocycles. The van der Waals surface area contributed by atoms with Crippen molar-refractivity contribution in [3.05, 3.63) is 0 Å². The monoisotopic (exact) mass is 298 g/mol. The van der Waals surface area contributed by atoms with Gasteiger partial charge in [-0.15, -0.1) is 0 Å². The zero-order valence-electron chi connectivity index (χ0n) is 3.54. The van der Waals surface area contributed by atoms with Crippen LogP contribution in [0.4, 0.5) is 0 Å². The quantitative estimate of drug-likeness (QED) is 0.509. The Morgan fingerprint density at radius 2 is 1.12 bits per heavy atom. The third-order valence-corrected chi connectivity index (χ3v) is 1.94. The molecule has 0 aliphatic carbocycles. The molecule has 0 bridgehead atoms. The summed E-state index contributed by atoms with van der Waals surface area (Å²) >= 11 is -3.06. The summed E-state index contributed by atoms with van der Waals surface area (Å²) in [6.45, 7) is 0. The van der Waals surface area contributed by atoms with E-state index >= 15 is 0 Å². The zero-order chi connectivity index (χ0) is 4.12. The number of hydrogen-bond donors (Lipinski definition) is 0. The van der Waals surface area contributed by atoms with E-state index in [0.29, 0.717) is 0 Å². The molecular formula is H6Mo2O6. The van der Waals surface area contributed by atoms with Crippen molar-refractivity contribution in [1.82, 2.24) is 0 Å². The van der Waals surface area contributed by atoms with E-state index in [4.69, 9.17) is 0 Å². The van der Waals surface area contributed by atoms with Crippen molar-refractivity contribution in [2.75, 3.05) is 0 Å². The Hall–Kier alpha value is 0.817. The van der Waals surface area contributed by atoms with E-state index in [1.807, 2.05) is 0 Å². The first-order valence-electron chi connectivity index (χ1n) is 0.667. The molecule has 0 fully saturated rings. The molecule has 0 atom stereocenters. The Balaban J connectivity index is -0.0000000267. The fourth-order valence-corrected chi connectivity index (χ4v) is 0.397. The summed E-state index contributed by atoms with van der Waals surface area (Å²) < 4.78 is 22.5. The van der Waals surface area contributed by atoms with Crippen LogP contribution in [0.5, 0.6) is 0 Å². The number of rotatable bonds is 2. The fourth-order valence-electron chi connectivity index (χ4n) is 0.0113. The molecule has 0 rings (SSSR count). The second kappa shape index (κ2) is 24.9. The van der Waals surface area contributed by atoms with Gasteiger partial charge in [-0.25, -0.2) is 0 Å². The minimum atomic E-state index is -1.53. The summed E-state index contributed by atoms with van der Waals surface area (Å²) in [5.41, 5.74) is 0. The molecule has 0 amide bonds. The van der Waals surface area contributed by atoms with Crippen molar-refractivity contribution in [2.24, 2.45) is 0 Å². The van der Waals surface area contributed by atoms with Crippen LogP contribution in [0.25, 0.3) is 0 Å². The van der Waals surface area contributed by atoms with E-state index in [-0.39, 0.29) is 16.4 Å². The normalized spacial score (nSPS) is 4.00. The predicted molar refractivity (Wildman–Crippen MR) is 13.3 cm³/mol. The average Bonchev–Trinajstić information content (AvgIpc) is 1.41. The molecule has 0 aromatic heterocycles. The molecule has 0 aromatic carbocycles. The van der Waals surface area contributed by atoms with E-state index in [1.54, 1.807) is 0 Å². The second-order valence-electron chi connectivity index (χ2n) is 0.204. The molecule has 54 valence electrons. The van der Waals surface area contributed by atoms with Crippen LogP contribution in [-0.4, -0.2) is 16.4 Å². The standard InChI is InChI=1S/2Mo.3H2O.3O/h;;3*1H2;;;. The topological polar surface area (TPSA) is 138 Å². The molecule has 0 aliphatic rings. The molecule has 0 spiro atoms. The molecule has 0 aliphatic heterocycles. The summed E-state index contributed by atoms with van der Waals surface area (Å²) in [6, 6.07) is 0. The third kappa shape index (κ3) is 29.1. The minimum absolute atomic E-state index is 0. The van der Waals surface area contributed by atoms with Crippen molar-refractivity contribution >= 4 is 0 Å². The van der Waals surface area contributed by atoms with Crippen molar-refractivity contribution in [3.8, 4) is 0 Å². The maximum absolute atomic E-state index is 9.27. The molecule has 0 aromatic rings. The SMILES string of the molecule is O.O.O.[O]=[Mo][O][Mo]=[O]. The average molecular weight is 294 g/mol. The van der Waals surface area contributed by atoms with Gasteiger partial charge in [-0.2, -0.15) is 0 Å². The molecule has 0 unspecified atom stereocenters. The van der Waals surface area contributed by atoms with Crippen LogP contribution < -0.4 is 0 Å². The summed E-state index contributed by atoms with van der Waals surface area (Å²) in [6.07, 6.45) is 0. The van der Waals surface area contributed by atoms with Crippen LogP contribution in [0, 0.1) is 0 Å². The first-order valence-corrected chi connectivity index (χ1v) is 3.94. The van der Waals surface area contributed by atoms with E-state index in [9.17, 15) is 6.80 Å². The van der Waals surface area contributed by atoms with Gasteiger partial charge < -0.3 is 16.4 Å². The summed E-state index contributed by atoms with van der Waals surface area (Å²) in [7, 11) is 0. The first-order chi connectivity index (χ1) is 2.41.